The number of nitrogens with two attached hydrogens (primary N) is 1. The minimum atomic E-state index is -0.829. The number of nitroso groups, excluding NO2 is 1. The minimum absolute atomic E-state index is 0.630. The van der Waals surface area contributed by atoms with Crippen LogP contribution in [0, 0.1) is 4.91 Å². The first-order chi connectivity index (χ1) is 3.77. The van der Waals surface area contributed by atoms with Gasteiger partial charge in [0.05, 0.1) is 0 Å². The van der Waals surface area contributed by atoms with E-state index in [1.54, 1.807) is 5.43 Å². The number of amides is 2. The van der Waals surface area contributed by atoms with Crippen LogP contribution in [0.3, 0.4) is 0 Å². The fourth-order valence-electron chi connectivity index (χ4n) is 0.116. The maximum absolute atomic E-state index is 9.73. The molecule has 0 aromatic rings. The summed E-state index contributed by atoms with van der Waals surface area (Å²) in [5.74, 6) is 0. The number of nitrogens with zero attached hydrogens (tertiary/aromatic N) is 2. The summed E-state index contributed by atoms with van der Waals surface area (Å²) < 4.78 is 0. The maximum atomic E-state index is 9.73. The van der Waals surface area contributed by atoms with Crippen molar-refractivity contribution in [3.63, 3.8) is 0 Å². The van der Waals surface area contributed by atoms with Crippen molar-refractivity contribution >= 4 is 12.4 Å². The number of hydrogen-bond donors (Lipinski definition) is 2. The van der Waals surface area contributed by atoms with E-state index in [1.807, 2.05) is 0 Å². The Labute approximate surface area is 44.7 Å². The fraction of sp³-hybridized carbons (Fsp3) is 0. The molecule has 0 aliphatic rings. The van der Waals surface area contributed by atoms with Gasteiger partial charge in [0.25, 0.3) is 0 Å². The van der Waals surface area contributed by atoms with Crippen molar-refractivity contribution in [3.8, 4) is 0 Å². The fourth-order valence-corrected chi connectivity index (χ4v) is 0.116. The lowest BCUT2D eigenvalue weighted by molar-refractivity contribution is 0.249. The van der Waals surface area contributed by atoms with Crippen LogP contribution < -0.4 is 11.2 Å². The molecule has 6 nitrogen and oxygen atoms in total. The van der Waals surface area contributed by atoms with Crippen LogP contribution in [-0.4, -0.2) is 12.4 Å². The number of urea groups is 1. The lowest BCUT2D eigenvalue weighted by atomic mass is 11.1. The van der Waals surface area contributed by atoms with Crippen LogP contribution in [-0.2, 0) is 0 Å². The number of carbonyl (C=O) groups excluding carboxylic acids is 1. The van der Waals surface area contributed by atoms with Gasteiger partial charge in [-0.1, -0.05) is 0 Å². The highest BCUT2D eigenvalue weighted by atomic mass is 16.3. The van der Waals surface area contributed by atoms with Gasteiger partial charge in [0.15, 0.2) is 6.34 Å². The van der Waals surface area contributed by atoms with E-state index < -0.39 is 6.03 Å². The lowest BCUT2D eigenvalue weighted by Crippen LogP contribution is -2.24. The molecule has 3 N–H and O–H groups in total. The molecule has 0 aliphatic heterocycles. The highest BCUT2D eigenvalue weighted by Crippen LogP contribution is 1.56. The SMILES string of the molecule is NC(=O)N/N=C/N=O. The average Bonchev–Trinajstić information content (AvgIpc) is 1.66. The van der Waals surface area contributed by atoms with Crippen molar-refractivity contribution < 1.29 is 4.79 Å². The Hall–Kier alpha value is -1.46. The van der Waals surface area contributed by atoms with Crippen LogP contribution in [0.4, 0.5) is 4.79 Å². The first-order valence-corrected chi connectivity index (χ1v) is 1.67. The van der Waals surface area contributed by atoms with Gasteiger partial charge in [-0.2, -0.15) is 5.10 Å². The second-order valence-corrected chi connectivity index (χ2v) is 0.826. The summed E-state index contributed by atoms with van der Waals surface area (Å²) in [6, 6.07) is -0.829. The second kappa shape index (κ2) is 3.72. The van der Waals surface area contributed by atoms with Gasteiger partial charge < -0.3 is 5.73 Å². The Morgan fingerprint density at radius 3 is 2.75 bits per heavy atom. The molecule has 2 amide bonds. The van der Waals surface area contributed by atoms with E-state index in [0.717, 1.165) is 0 Å². The molecule has 0 rings (SSSR count). The van der Waals surface area contributed by atoms with Crippen LogP contribution in [0.25, 0.3) is 0 Å². The topological polar surface area (TPSA) is 96.9 Å². The molecule has 0 saturated carbocycles. The van der Waals surface area contributed by atoms with Crippen molar-refractivity contribution in [1.82, 2.24) is 5.43 Å². The Kier molecular flexibility index (Phi) is 3.04. The van der Waals surface area contributed by atoms with Gasteiger partial charge in [-0.15, -0.1) is 4.91 Å². The molecule has 0 atom stereocenters. The minimum Gasteiger partial charge on any atom is -0.350 e. The first kappa shape index (κ1) is 6.54. The molecule has 0 heterocycles. The summed E-state index contributed by atoms with van der Waals surface area (Å²) in [5, 5.41) is 5.16. The summed E-state index contributed by atoms with van der Waals surface area (Å²) in [6.45, 7) is 0. The Morgan fingerprint density at radius 1 is 1.75 bits per heavy atom. The van der Waals surface area contributed by atoms with Gasteiger partial charge >= 0.3 is 6.03 Å². The summed E-state index contributed by atoms with van der Waals surface area (Å²) >= 11 is 0. The van der Waals surface area contributed by atoms with E-state index in [2.05, 4.69) is 16.0 Å². The Morgan fingerprint density at radius 2 is 2.38 bits per heavy atom. The average molecular weight is 116 g/mol. The van der Waals surface area contributed by atoms with Crippen LogP contribution in [0.5, 0.6) is 0 Å². The van der Waals surface area contributed by atoms with E-state index in [4.69, 9.17) is 0 Å². The number of rotatable bonds is 2. The molecule has 0 unspecified atom stereocenters. The van der Waals surface area contributed by atoms with E-state index in [-0.39, 0.29) is 0 Å². The first-order valence-electron chi connectivity index (χ1n) is 1.67. The molecular formula is C2H4N4O2. The smallest absolute Gasteiger partial charge is 0.332 e. The van der Waals surface area contributed by atoms with Gasteiger partial charge in [0.2, 0.25) is 0 Å². The highest BCUT2D eigenvalue weighted by Gasteiger charge is 1.80. The number of primary amides is 1. The Bertz CT molecular complexity index is 119. The van der Waals surface area contributed by atoms with Crippen LogP contribution in [0.2, 0.25) is 0 Å². The standard InChI is InChI=1S/C2H4N4O2/c3-2(7)6-4-1-5-8/h1H,(H3,3,6,7)/b4-1+. The Balaban J connectivity index is 3.29. The molecule has 0 aromatic heterocycles. The third-order valence-electron chi connectivity index (χ3n) is 0.280. The zero-order valence-corrected chi connectivity index (χ0v) is 3.87. The van der Waals surface area contributed by atoms with E-state index in [0.29, 0.717) is 6.34 Å². The molecule has 0 saturated heterocycles. The summed E-state index contributed by atoms with van der Waals surface area (Å²) in [6.07, 6.45) is 0.630. The molecule has 44 valence electrons. The number of hydrogen-bond acceptors (Lipinski definition) is 3. The molecule has 0 radical (unpaired) electrons. The quantitative estimate of drug-likeness (QED) is 0.217. The zero-order chi connectivity index (χ0) is 6.41. The van der Waals surface area contributed by atoms with Crippen LogP contribution in [0.15, 0.2) is 10.3 Å². The molecule has 8 heavy (non-hydrogen) atoms. The van der Waals surface area contributed by atoms with E-state index in [1.165, 1.54) is 0 Å². The van der Waals surface area contributed by atoms with Crippen molar-refractivity contribution in [3.05, 3.63) is 4.91 Å². The molecule has 0 bridgehead atoms. The van der Waals surface area contributed by atoms with Crippen LogP contribution >= 0.6 is 0 Å². The number of nitrogens with one attached hydrogen (secondary N) is 1. The summed E-state index contributed by atoms with van der Waals surface area (Å²) in [4.78, 5) is 18.9. The predicted octanol–water partition coefficient (Wildman–Crippen LogP) is -0.636. The summed E-state index contributed by atoms with van der Waals surface area (Å²) in [5.41, 5.74) is 6.29. The maximum Gasteiger partial charge on any atom is 0.332 e. The number of carbonyl (C=O) groups is 1. The molecular weight excluding hydrogens is 112 g/mol. The second-order valence-electron chi connectivity index (χ2n) is 0.826. The monoisotopic (exact) mass is 116 g/mol. The van der Waals surface area contributed by atoms with Crippen LogP contribution in [0.1, 0.15) is 0 Å². The number of hydrazone groups is 1. The van der Waals surface area contributed by atoms with Crippen molar-refractivity contribution in [2.24, 2.45) is 16.0 Å². The molecule has 0 aromatic carbocycles. The van der Waals surface area contributed by atoms with Gasteiger partial charge in [0.1, 0.15) is 0 Å². The van der Waals surface area contributed by atoms with Gasteiger partial charge in [-0.3, -0.25) is 0 Å². The normalized spacial score (nSPS) is 9.00. The zero-order valence-electron chi connectivity index (χ0n) is 3.87. The molecule has 0 spiro atoms. The third-order valence-corrected chi connectivity index (χ3v) is 0.280. The largest absolute Gasteiger partial charge is 0.350 e. The lowest BCUT2D eigenvalue weighted by Gasteiger charge is -1.84. The van der Waals surface area contributed by atoms with Crippen molar-refractivity contribution in [1.29, 1.82) is 0 Å². The van der Waals surface area contributed by atoms with E-state index >= 15 is 0 Å². The van der Waals surface area contributed by atoms with Gasteiger partial charge in [0, 0.05) is 0 Å². The van der Waals surface area contributed by atoms with Gasteiger partial charge in [-0.05, 0) is 5.18 Å². The highest BCUT2D eigenvalue weighted by molar-refractivity contribution is 5.72. The van der Waals surface area contributed by atoms with Crippen molar-refractivity contribution in [2.45, 2.75) is 0 Å². The predicted molar refractivity (Wildman–Crippen MR) is 27.0 cm³/mol. The van der Waals surface area contributed by atoms with Gasteiger partial charge in [-0.25, -0.2) is 10.2 Å². The van der Waals surface area contributed by atoms with Crippen molar-refractivity contribution in [2.75, 3.05) is 0 Å². The third kappa shape index (κ3) is 4.54. The van der Waals surface area contributed by atoms with E-state index in [9.17, 15) is 9.70 Å². The molecule has 0 fully saturated rings. The summed E-state index contributed by atoms with van der Waals surface area (Å²) in [7, 11) is 0. The molecule has 6 heteroatoms. The molecule has 0 aliphatic carbocycles.